The molecule has 38 heavy (non-hydrogen) atoms. The molecule has 1 atom stereocenters. The lowest BCUT2D eigenvalue weighted by Crippen LogP contribution is -2.44. The molecule has 1 amide bonds. The summed E-state index contributed by atoms with van der Waals surface area (Å²) in [7, 11) is 0. The number of halogens is 1. The Morgan fingerprint density at radius 1 is 1.08 bits per heavy atom. The number of hydrogen-bond donors (Lipinski definition) is 0. The summed E-state index contributed by atoms with van der Waals surface area (Å²) in [6.07, 6.45) is 3.67. The highest BCUT2D eigenvalue weighted by Crippen LogP contribution is 2.49. The molecular weight excluding hydrogens is 487 g/mol. The summed E-state index contributed by atoms with van der Waals surface area (Å²) < 4.78 is 34.0. The van der Waals surface area contributed by atoms with Gasteiger partial charge in [0, 0.05) is 23.7 Å². The minimum Gasteiger partial charge on any atom is -0.490 e. The molecule has 0 N–H and O–H groups in total. The molecule has 0 spiro atoms. The minimum atomic E-state index is -0.745. The highest BCUT2D eigenvalue weighted by molar-refractivity contribution is 6.02. The topological polar surface area (TPSA) is 68.3 Å². The first kappa shape index (κ1) is 27.9. The third-order valence-corrected chi connectivity index (χ3v) is 6.96. The number of nitrogens with zero attached hydrogens (tertiary/aromatic N) is 2. The first-order valence-electron chi connectivity index (χ1n) is 13.6. The molecule has 2 aliphatic rings. The van der Waals surface area contributed by atoms with Crippen LogP contribution >= 0.6 is 0 Å². The van der Waals surface area contributed by atoms with Gasteiger partial charge < -0.3 is 14.2 Å². The van der Waals surface area contributed by atoms with E-state index in [1.807, 2.05) is 13.0 Å². The average Bonchev–Trinajstić information content (AvgIpc) is 3.40. The van der Waals surface area contributed by atoms with E-state index in [0.29, 0.717) is 30.9 Å². The molecule has 0 radical (unpaired) electrons. The summed E-state index contributed by atoms with van der Waals surface area (Å²) in [6, 6.07) is 8.43. The van der Waals surface area contributed by atoms with Gasteiger partial charge in [-0.1, -0.05) is 31.5 Å². The monoisotopic (exact) mass is 526 g/mol. The van der Waals surface area contributed by atoms with Crippen LogP contribution < -0.4 is 14.4 Å². The number of likely N-dealkylation sites (tertiary alicyclic amines) is 1. The van der Waals surface area contributed by atoms with Crippen molar-refractivity contribution in [2.45, 2.75) is 78.4 Å². The summed E-state index contributed by atoms with van der Waals surface area (Å²) in [4.78, 5) is 30.7. The van der Waals surface area contributed by atoms with E-state index in [1.165, 1.54) is 4.90 Å². The number of esters is 1. The molecule has 1 unspecified atom stereocenters. The number of fused-ring (bicyclic) bond motifs is 1. The number of anilines is 1. The number of benzene rings is 2. The zero-order valence-corrected chi connectivity index (χ0v) is 23.1. The Balaban J connectivity index is 1.90. The van der Waals surface area contributed by atoms with E-state index in [-0.39, 0.29) is 28.6 Å². The lowest BCUT2D eigenvalue weighted by molar-refractivity contribution is 0.0567. The van der Waals surface area contributed by atoms with Gasteiger partial charge in [-0.25, -0.2) is 14.0 Å². The predicted octanol–water partition coefficient (Wildman–Crippen LogP) is 6.81. The molecule has 2 aromatic carbocycles. The van der Waals surface area contributed by atoms with Crippen molar-refractivity contribution >= 4 is 17.7 Å². The highest BCUT2D eigenvalue weighted by atomic mass is 19.1. The molecule has 4 rings (SSSR count). The van der Waals surface area contributed by atoms with Crippen LogP contribution in [-0.2, 0) is 4.74 Å². The fraction of sp³-hybridized carbons (Fsp3) is 0.533. The second kappa shape index (κ2) is 11.7. The molecule has 0 saturated carbocycles. The predicted molar refractivity (Wildman–Crippen MR) is 145 cm³/mol. The number of ether oxygens (including phenoxy) is 3. The number of rotatable bonds is 7. The van der Waals surface area contributed by atoms with Crippen molar-refractivity contribution in [2.24, 2.45) is 0 Å². The van der Waals surface area contributed by atoms with Gasteiger partial charge in [-0.05, 0) is 78.6 Å². The van der Waals surface area contributed by atoms with Crippen LogP contribution in [0, 0.1) is 12.7 Å². The molecule has 7 nitrogen and oxygen atoms in total. The minimum absolute atomic E-state index is 0.00293. The van der Waals surface area contributed by atoms with Crippen molar-refractivity contribution in [1.82, 2.24) is 4.90 Å². The van der Waals surface area contributed by atoms with Crippen molar-refractivity contribution in [2.75, 3.05) is 31.1 Å². The smallest absolute Gasteiger partial charge is 0.414 e. The molecule has 0 aromatic heterocycles. The molecule has 8 heteroatoms. The van der Waals surface area contributed by atoms with Crippen molar-refractivity contribution < 1.29 is 28.2 Å². The van der Waals surface area contributed by atoms with Gasteiger partial charge >= 0.3 is 12.1 Å². The molecule has 0 bridgehead atoms. The van der Waals surface area contributed by atoms with Crippen molar-refractivity contribution in [3.05, 3.63) is 52.8 Å². The normalized spacial score (nSPS) is 17.7. The Bertz CT molecular complexity index is 1160. The van der Waals surface area contributed by atoms with Crippen molar-refractivity contribution in [1.29, 1.82) is 0 Å². The van der Waals surface area contributed by atoms with Gasteiger partial charge in [-0.2, -0.15) is 0 Å². The van der Waals surface area contributed by atoms with Crippen LogP contribution in [0.15, 0.2) is 30.3 Å². The maximum absolute atomic E-state index is 16.4. The Morgan fingerprint density at radius 3 is 2.39 bits per heavy atom. The maximum Gasteiger partial charge on any atom is 0.414 e. The number of amides is 1. The molecule has 2 aliphatic heterocycles. The SMILES string of the molecule is CCCCOc1c(C(=O)Oc2ccccc2)c(C)c(F)c2c1N(C(=O)OC(C)(C)C)CCC2N1CCCC1. The fourth-order valence-electron chi connectivity index (χ4n) is 5.18. The largest absolute Gasteiger partial charge is 0.490 e. The van der Waals surface area contributed by atoms with Gasteiger partial charge in [-0.15, -0.1) is 0 Å². The van der Waals surface area contributed by atoms with E-state index >= 15 is 4.39 Å². The van der Waals surface area contributed by atoms with Crippen molar-refractivity contribution in [3.63, 3.8) is 0 Å². The fourth-order valence-corrected chi connectivity index (χ4v) is 5.18. The molecule has 2 heterocycles. The summed E-state index contributed by atoms with van der Waals surface area (Å²) in [5, 5.41) is 0. The van der Waals surface area contributed by atoms with Crippen LogP contribution in [0.5, 0.6) is 11.5 Å². The quantitative estimate of drug-likeness (QED) is 0.224. The lowest BCUT2D eigenvalue weighted by Gasteiger charge is -2.40. The highest BCUT2D eigenvalue weighted by Gasteiger charge is 2.42. The number of unbranched alkanes of at least 4 members (excludes halogenated alkanes) is 1. The van der Waals surface area contributed by atoms with Crippen LogP contribution in [0.1, 0.15) is 87.3 Å². The van der Waals surface area contributed by atoms with E-state index in [2.05, 4.69) is 4.90 Å². The first-order valence-corrected chi connectivity index (χ1v) is 13.6. The van der Waals surface area contributed by atoms with Crippen LogP contribution in [0.4, 0.5) is 14.9 Å². The third kappa shape index (κ3) is 5.96. The number of carbonyl (C=O) groups excluding carboxylic acids is 2. The van der Waals surface area contributed by atoms with Gasteiger partial charge in [0.25, 0.3) is 0 Å². The molecular formula is C30H39FN2O5. The summed E-state index contributed by atoms with van der Waals surface area (Å²) in [5.74, 6) is -0.709. The molecule has 206 valence electrons. The maximum atomic E-state index is 16.4. The number of hydrogen-bond acceptors (Lipinski definition) is 6. The third-order valence-electron chi connectivity index (χ3n) is 6.96. The zero-order chi connectivity index (χ0) is 27.4. The van der Waals surface area contributed by atoms with E-state index in [1.54, 1.807) is 52.0 Å². The van der Waals surface area contributed by atoms with Gasteiger partial charge in [0.1, 0.15) is 22.7 Å². The Morgan fingerprint density at radius 2 is 1.76 bits per heavy atom. The van der Waals surface area contributed by atoms with Crippen LogP contribution in [0.25, 0.3) is 0 Å². The van der Waals surface area contributed by atoms with Crippen LogP contribution in [0.2, 0.25) is 0 Å². The van der Waals surface area contributed by atoms with Gasteiger partial charge in [-0.3, -0.25) is 9.80 Å². The Labute approximate surface area is 224 Å². The second-order valence-corrected chi connectivity index (χ2v) is 11.0. The summed E-state index contributed by atoms with van der Waals surface area (Å²) in [5.41, 5.74) is 0.0825. The molecule has 2 aromatic rings. The van der Waals surface area contributed by atoms with Crippen molar-refractivity contribution in [3.8, 4) is 11.5 Å². The first-order chi connectivity index (χ1) is 18.1. The summed E-state index contributed by atoms with van der Waals surface area (Å²) in [6.45, 7) is 11.4. The molecule has 1 fully saturated rings. The standard InChI is InChI=1S/C30H39FN2O5/c1-6-7-19-36-27-23(28(34)37-21-13-9-8-10-14-21)20(2)25(31)24-22(32-16-11-12-17-32)15-18-33(26(24)27)29(35)38-30(3,4)5/h8-10,13-14,22H,6-7,11-12,15-19H2,1-5H3. The van der Waals surface area contributed by atoms with Gasteiger partial charge in [0.05, 0.1) is 12.3 Å². The van der Waals surface area contributed by atoms with E-state index in [9.17, 15) is 9.59 Å². The van der Waals surface area contributed by atoms with E-state index < -0.39 is 23.5 Å². The van der Waals surface area contributed by atoms with Gasteiger partial charge in [0.2, 0.25) is 0 Å². The molecule has 1 saturated heterocycles. The lowest BCUT2D eigenvalue weighted by atomic mass is 9.89. The van der Waals surface area contributed by atoms with Crippen LogP contribution in [-0.4, -0.2) is 48.8 Å². The van der Waals surface area contributed by atoms with E-state index in [4.69, 9.17) is 14.2 Å². The number of para-hydroxylation sites is 1. The Kier molecular flexibility index (Phi) is 8.61. The zero-order valence-electron chi connectivity index (χ0n) is 23.1. The molecule has 0 aliphatic carbocycles. The summed E-state index contributed by atoms with van der Waals surface area (Å²) >= 11 is 0. The second-order valence-electron chi connectivity index (χ2n) is 11.0. The van der Waals surface area contributed by atoms with E-state index in [0.717, 1.165) is 38.8 Å². The average molecular weight is 527 g/mol. The van der Waals surface area contributed by atoms with Gasteiger partial charge in [0.15, 0.2) is 5.75 Å². The number of carbonyl (C=O) groups is 2. The Hall–Kier alpha value is -3.13. The van der Waals surface area contributed by atoms with Crippen LogP contribution in [0.3, 0.4) is 0 Å².